The molecule has 0 saturated carbocycles. The van der Waals surface area contributed by atoms with Crippen molar-refractivity contribution >= 4 is 17.1 Å². The fourth-order valence-corrected chi connectivity index (χ4v) is 2.25. The Hall–Kier alpha value is -2.29. The molecule has 3 heteroatoms. The molecule has 0 aliphatic rings. The maximum atomic E-state index is 6.08. The predicted molar refractivity (Wildman–Crippen MR) is 91.9 cm³/mol. The molecule has 0 aliphatic heterocycles. The predicted octanol–water partition coefficient (Wildman–Crippen LogP) is 4.22. The molecule has 0 atom stereocenters. The van der Waals surface area contributed by atoms with Crippen molar-refractivity contribution in [2.75, 3.05) is 10.7 Å². The van der Waals surface area contributed by atoms with Crippen LogP contribution in [0.3, 0.4) is 0 Å². The summed E-state index contributed by atoms with van der Waals surface area (Å²) in [6.07, 6.45) is 0. The lowest BCUT2D eigenvalue weighted by molar-refractivity contribution is 0.713. The van der Waals surface area contributed by atoms with Gasteiger partial charge in [0, 0.05) is 17.3 Å². The van der Waals surface area contributed by atoms with Crippen LogP contribution < -0.4 is 10.7 Å². The quantitative estimate of drug-likeness (QED) is 0.518. The molecule has 0 radical (unpaired) electrons. The monoisotopic (exact) mass is 281 g/mol. The van der Waals surface area contributed by atoms with E-state index in [0.717, 1.165) is 22.6 Å². The number of nitrogens with zero attached hydrogens (tertiary/aromatic N) is 2. The summed E-state index contributed by atoms with van der Waals surface area (Å²) in [6, 6.07) is 16.5. The number of hydrazone groups is 1. The molecule has 110 valence electrons. The maximum Gasteiger partial charge on any atom is 0.0671 e. The van der Waals surface area contributed by atoms with E-state index in [9.17, 15) is 0 Å². The number of rotatable bonds is 4. The Morgan fingerprint density at radius 2 is 1.76 bits per heavy atom. The van der Waals surface area contributed by atoms with Crippen LogP contribution in [0, 0.1) is 6.92 Å². The maximum absolute atomic E-state index is 6.08. The number of hydrogen-bond donors (Lipinski definition) is 1. The molecule has 3 nitrogen and oxygen atoms in total. The van der Waals surface area contributed by atoms with Crippen LogP contribution >= 0.6 is 0 Å². The van der Waals surface area contributed by atoms with Crippen molar-refractivity contribution in [1.29, 1.82) is 0 Å². The van der Waals surface area contributed by atoms with Crippen molar-refractivity contribution < 1.29 is 0 Å². The third-order valence-electron chi connectivity index (χ3n) is 3.37. The smallest absolute Gasteiger partial charge is 0.0671 e. The van der Waals surface area contributed by atoms with Gasteiger partial charge in [0.2, 0.25) is 0 Å². The summed E-state index contributed by atoms with van der Waals surface area (Å²) in [5.41, 5.74) is 11.0. The number of hydrogen-bond acceptors (Lipinski definition) is 3. The van der Waals surface area contributed by atoms with E-state index in [0.29, 0.717) is 0 Å². The van der Waals surface area contributed by atoms with Crippen LogP contribution in [0.25, 0.3) is 0 Å². The van der Waals surface area contributed by atoms with E-state index in [1.165, 1.54) is 5.56 Å². The first kappa shape index (κ1) is 15.1. The molecule has 0 heterocycles. The number of anilines is 2. The Bertz CT molecular complexity index is 630. The van der Waals surface area contributed by atoms with Gasteiger partial charge in [-0.1, -0.05) is 29.8 Å². The minimum Gasteiger partial charge on any atom is -0.398 e. The van der Waals surface area contributed by atoms with Crippen molar-refractivity contribution in [3.05, 3.63) is 59.7 Å². The first-order valence-corrected chi connectivity index (χ1v) is 7.25. The Morgan fingerprint density at radius 3 is 2.38 bits per heavy atom. The summed E-state index contributed by atoms with van der Waals surface area (Å²) < 4.78 is 0. The summed E-state index contributed by atoms with van der Waals surface area (Å²) in [5.74, 6) is 0. The van der Waals surface area contributed by atoms with Crippen LogP contribution in [-0.4, -0.2) is 11.8 Å². The molecule has 21 heavy (non-hydrogen) atoms. The number of nitrogen functional groups attached to an aromatic ring is 1. The van der Waals surface area contributed by atoms with E-state index in [-0.39, 0.29) is 6.04 Å². The lowest BCUT2D eigenvalue weighted by Gasteiger charge is -2.24. The van der Waals surface area contributed by atoms with Gasteiger partial charge in [0.15, 0.2) is 0 Å². The van der Waals surface area contributed by atoms with E-state index in [2.05, 4.69) is 39.0 Å². The molecule has 0 aliphatic carbocycles. The zero-order valence-electron chi connectivity index (χ0n) is 13.2. The topological polar surface area (TPSA) is 41.6 Å². The van der Waals surface area contributed by atoms with Gasteiger partial charge < -0.3 is 5.73 Å². The van der Waals surface area contributed by atoms with Crippen LogP contribution in [0.5, 0.6) is 0 Å². The van der Waals surface area contributed by atoms with Gasteiger partial charge in [-0.3, -0.25) is 5.01 Å². The molecule has 2 rings (SSSR count). The second-order valence-corrected chi connectivity index (χ2v) is 5.55. The molecule has 2 aromatic carbocycles. The number of nitrogens with two attached hydrogens (primary N) is 1. The van der Waals surface area contributed by atoms with Crippen LogP contribution in [0.15, 0.2) is 53.6 Å². The van der Waals surface area contributed by atoms with E-state index < -0.39 is 0 Å². The number of para-hydroxylation sites is 1. The average molecular weight is 281 g/mol. The zero-order valence-corrected chi connectivity index (χ0v) is 13.2. The second-order valence-electron chi connectivity index (χ2n) is 5.55. The standard InChI is InChI=1S/C18H23N3/c1-13(2)21(16-8-6-5-7-9-16)20-15(4)17-12-14(3)10-11-18(17)19/h5-13H,19H2,1-4H3/b20-15+. The summed E-state index contributed by atoms with van der Waals surface area (Å²) in [5, 5.41) is 6.81. The Kier molecular flexibility index (Phi) is 4.63. The van der Waals surface area contributed by atoms with Crippen molar-refractivity contribution in [1.82, 2.24) is 0 Å². The molecule has 0 fully saturated rings. The largest absolute Gasteiger partial charge is 0.398 e. The third kappa shape index (κ3) is 3.63. The molecule has 0 saturated heterocycles. The van der Waals surface area contributed by atoms with Gasteiger partial charge in [-0.25, -0.2) is 0 Å². The van der Waals surface area contributed by atoms with Gasteiger partial charge in [0.1, 0.15) is 0 Å². The van der Waals surface area contributed by atoms with E-state index in [1.807, 2.05) is 42.3 Å². The van der Waals surface area contributed by atoms with Crippen LogP contribution in [-0.2, 0) is 0 Å². The second kappa shape index (κ2) is 6.44. The molecule has 0 spiro atoms. The fourth-order valence-electron chi connectivity index (χ4n) is 2.25. The Balaban J connectivity index is 2.41. The van der Waals surface area contributed by atoms with E-state index in [4.69, 9.17) is 10.8 Å². The summed E-state index contributed by atoms with van der Waals surface area (Å²) in [7, 11) is 0. The summed E-state index contributed by atoms with van der Waals surface area (Å²) >= 11 is 0. The molecule has 2 N–H and O–H groups in total. The first-order valence-electron chi connectivity index (χ1n) is 7.25. The van der Waals surface area contributed by atoms with Crippen molar-refractivity contribution in [3.63, 3.8) is 0 Å². The van der Waals surface area contributed by atoms with Gasteiger partial charge in [-0.15, -0.1) is 0 Å². The van der Waals surface area contributed by atoms with Crippen LogP contribution in [0.4, 0.5) is 11.4 Å². The van der Waals surface area contributed by atoms with Gasteiger partial charge in [-0.05, 0) is 52.0 Å². The van der Waals surface area contributed by atoms with Crippen molar-refractivity contribution in [2.24, 2.45) is 5.10 Å². The minimum absolute atomic E-state index is 0.272. The number of aryl methyl sites for hydroxylation is 1. The van der Waals surface area contributed by atoms with Gasteiger partial charge >= 0.3 is 0 Å². The van der Waals surface area contributed by atoms with E-state index >= 15 is 0 Å². The molecular formula is C18H23N3. The summed E-state index contributed by atoms with van der Waals surface area (Å²) in [6.45, 7) is 8.32. The molecular weight excluding hydrogens is 258 g/mol. The van der Waals surface area contributed by atoms with Crippen LogP contribution in [0.2, 0.25) is 0 Å². The molecule has 0 bridgehead atoms. The van der Waals surface area contributed by atoms with Gasteiger partial charge in [0.25, 0.3) is 0 Å². The lowest BCUT2D eigenvalue weighted by atomic mass is 10.1. The molecule has 0 unspecified atom stereocenters. The highest BCUT2D eigenvalue weighted by Gasteiger charge is 2.11. The molecule has 2 aromatic rings. The Labute approximate surface area is 127 Å². The fraction of sp³-hybridized carbons (Fsp3) is 0.278. The third-order valence-corrected chi connectivity index (χ3v) is 3.37. The minimum atomic E-state index is 0.272. The Morgan fingerprint density at radius 1 is 1.10 bits per heavy atom. The molecule has 0 aromatic heterocycles. The highest BCUT2D eigenvalue weighted by molar-refractivity contribution is 6.03. The van der Waals surface area contributed by atoms with Crippen molar-refractivity contribution in [2.45, 2.75) is 33.7 Å². The highest BCUT2D eigenvalue weighted by Crippen LogP contribution is 2.20. The van der Waals surface area contributed by atoms with E-state index in [1.54, 1.807) is 0 Å². The molecule has 0 amide bonds. The SMILES string of the molecule is C/C(=N\N(c1ccccc1)C(C)C)c1cc(C)ccc1N. The first-order chi connectivity index (χ1) is 9.99. The number of benzene rings is 2. The van der Waals surface area contributed by atoms with Gasteiger partial charge in [-0.2, -0.15) is 5.10 Å². The van der Waals surface area contributed by atoms with Crippen LogP contribution in [0.1, 0.15) is 31.9 Å². The zero-order chi connectivity index (χ0) is 15.4. The average Bonchev–Trinajstić information content (AvgIpc) is 2.47. The highest BCUT2D eigenvalue weighted by atomic mass is 15.5. The summed E-state index contributed by atoms with van der Waals surface area (Å²) in [4.78, 5) is 0. The normalized spacial score (nSPS) is 11.8. The lowest BCUT2D eigenvalue weighted by Crippen LogP contribution is -2.26. The van der Waals surface area contributed by atoms with Crippen molar-refractivity contribution in [3.8, 4) is 0 Å². The van der Waals surface area contributed by atoms with Gasteiger partial charge in [0.05, 0.1) is 11.4 Å².